The molecule has 9 nitrogen and oxygen atoms in total. The molecular formula is C22H18N4O5. The molecule has 0 aliphatic rings. The van der Waals surface area contributed by atoms with Gasteiger partial charge in [0.1, 0.15) is 11.3 Å². The van der Waals surface area contributed by atoms with E-state index in [1.807, 2.05) is 25.1 Å². The molecule has 2 heterocycles. The number of nitro groups is 1. The highest BCUT2D eigenvalue weighted by atomic mass is 16.6. The van der Waals surface area contributed by atoms with Crippen molar-refractivity contribution < 1.29 is 19.9 Å². The number of aromatic hydroxyl groups is 2. The van der Waals surface area contributed by atoms with Crippen LogP contribution in [0, 0.1) is 10.1 Å². The Morgan fingerprint density at radius 2 is 2.03 bits per heavy atom. The number of imidazole rings is 1. The minimum absolute atomic E-state index is 0.0148. The summed E-state index contributed by atoms with van der Waals surface area (Å²) in [5.41, 5.74) is 1.63. The molecule has 2 aromatic carbocycles. The van der Waals surface area contributed by atoms with Gasteiger partial charge in [-0.05, 0) is 43.3 Å². The highest BCUT2D eigenvalue weighted by Gasteiger charge is 2.17. The summed E-state index contributed by atoms with van der Waals surface area (Å²) in [6.45, 7) is 2.21. The van der Waals surface area contributed by atoms with Crippen molar-refractivity contribution in [2.24, 2.45) is 4.99 Å². The van der Waals surface area contributed by atoms with Crippen molar-refractivity contribution >= 4 is 23.4 Å². The third-order valence-electron chi connectivity index (χ3n) is 4.61. The molecule has 0 spiro atoms. The van der Waals surface area contributed by atoms with Crippen LogP contribution in [0.1, 0.15) is 12.5 Å². The van der Waals surface area contributed by atoms with Crippen molar-refractivity contribution in [2.45, 2.75) is 6.92 Å². The maximum absolute atomic E-state index is 11.1. The summed E-state index contributed by atoms with van der Waals surface area (Å²) in [6.07, 6.45) is 3.14. The lowest BCUT2D eigenvalue weighted by molar-refractivity contribution is -0.385. The van der Waals surface area contributed by atoms with E-state index in [9.17, 15) is 20.3 Å². The first-order valence-electron chi connectivity index (χ1n) is 9.43. The lowest BCUT2D eigenvalue weighted by atomic mass is 10.1. The van der Waals surface area contributed by atoms with E-state index in [1.54, 1.807) is 22.7 Å². The van der Waals surface area contributed by atoms with Gasteiger partial charge >= 0.3 is 5.69 Å². The number of hydrogen-bond donors (Lipinski definition) is 2. The molecule has 31 heavy (non-hydrogen) atoms. The van der Waals surface area contributed by atoms with E-state index >= 15 is 0 Å². The van der Waals surface area contributed by atoms with Crippen molar-refractivity contribution in [3.63, 3.8) is 0 Å². The quantitative estimate of drug-likeness (QED) is 0.271. The zero-order chi connectivity index (χ0) is 22.0. The van der Waals surface area contributed by atoms with Crippen LogP contribution in [0.4, 0.5) is 11.5 Å². The third kappa shape index (κ3) is 3.76. The number of rotatable bonds is 6. The number of aromatic nitrogens is 2. The van der Waals surface area contributed by atoms with Crippen LogP contribution in [0.5, 0.6) is 17.2 Å². The topological polar surface area (TPSA) is 122 Å². The molecule has 4 aromatic rings. The molecule has 0 amide bonds. The normalized spacial score (nSPS) is 11.3. The summed E-state index contributed by atoms with van der Waals surface area (Å²) in [7, 11) is 0. The maximum atomic E-state index is 11.1. The molecule has 0 saturated carbocycles. The van der Waals surface area contributed by atoms with E-state index in [2.05, 4.69) is 9.98 Å². The fourth-order valence-electron chi connectivity index (χ4n) is 3.16. The molecule has 4 rings (SSSR count). The Balaban J connectivity index is 1.86. The second-order valence-corrected chi connectivity index (χ2v) is 6.56. The number of pyridine rings is 1. The lowest BCUT2D eigenvalue weighted by Gasteiger charge is -2.07. The highest BCUT2D eigenvalue weighted by molar-refractivity contribution is 5.89. The molecule has 0 radical (unpaired) electrons. The zero-order valence-electron chi connectivity index (χ0n) is 16.5. The van der Waals surface area contributed by atoms with Crippen LogP contribution < -0.4 is 4.74 Å². The van der Waals surface area contributed by atoms with Crippen molar-refractivity contribution in [2.75, 3.05) is 6.61 Å². The lowest BCUT2D eigenvalue weighted by Crippen LogP contribution is -1.93. The van der Waals surface area contributed by atoms with Crippen LogP contribution in [0.3, 0.4) is 0 Å². The van der Waals surface area contributed by atoms with E-state index in [1.165, 1.54) is 30.5 Å². The standard InChI is InChI=1S/C22H18N4O5/c1-2-31-18-12-14(9-10-17(18)27)20-22(25-11-4-3-8-19(25)24-20)23-13-15-6-5-7-16(21(15)28)26(29)30/h3-13,27-28H,2H2,1H3. The molecule has 9 heteroatoms. The number of nitrogens with zero attached hydrogens (tertiary/aromatic N) is 4. The molecule has 156 valence electrons. The first kappa shape index (κ1) is 19.9. The number of benzene rings is 2. The van der Waals surface area contributed by atoms with Gasteiger partial charge in [0.25, 0.3) is 0 Å². The monoisotopic (exact) mass is 418 g/mol. The molecule has 0 bridgehead atoms. The summed E-state index contributed by atoms with van der Waals surface area (Å²) in [6, 6.07) is 14.6. The molecule has 0 aliphatic carbocycles. The van der Waals surface area contributed by atoms with Crippen LogP contribution >= 0.6 is 0 Å². The fourth-order valence-corrected chi connectivity index (χ4v) is 3.16. The number of hydrogen-bond acceptors (Lipinski definition) is 7. The first-order valence-corrected chi connectivity index (χ1v) is 9.43. The SMILES string of the molecule is CCOc1cc(-c2nc3ccccn3c2N=Cc2cccc([N+](=O)[O-])c2O)ccc1O. The van der Waals surface area contributed by atoms with Gasteiger partial charge in [0, 0.05) is 29.6 Å². The average Bonchev–Trinajstić information content (AvgIpc) is 3.13. The smallest absolute Gasteiger partial charge is 0.311 e. The van der Waals surface area contributed by atoms with E-state index in [4.69, 9.17) is 4.74 Å². The molecular weight excluding hydrogens is 400 g/mol. The van der Waals surface area contributed by atoms with Crippen LogP contribution in [0.15, 0.2) is 65.8 Å². The Labute approximate surface area is 176 Å². The van der Waals surface area contributed by atoms with E-state index in [0.717, 1.165) is 0 Å². The van der Waals surface area contributed by atoms with Gasteiger partial charge in [-0.3, -0.25) is 14.5 Å². The molecule has 0 aliphatic heterocycles. The first-order chi connectivity index (χ1) is 15.0. The van der Waals surface area contributed by atoms with Gasteiger partial charge in [0.2, 0.25) is 5.75 Å². The minimum Gasteiger partial charge on any atom is -0.504 e. The van der Waals surface area contributed by atoms with Crippen molar-refractivity contribution in [1.29, 1.82) is 0 Å². The predicted octanol–water partition coefficient (Wildman–Crippen LogP) is 4.47. The highest BCUT2D eigenvalue weighted by Crippen LogP contribution is 2.36. The number of fused-ring (bicyclic) bond motifs is 1. The molecule has 0 fully saturated rings. The Hall–Kier alpha value is -4.40. The van der Waals surface area contributed by atoms with Crippen molar-refractivity contribution in [3.8, 4) is 28.5 Å². The summed E-state index contributed by atoms with van der Waals surface area (Å²) in [4.78, 5) is 19.6. The van der Waals surface area contributed by atoms with Crippen LogP contribution in [-0.4, -0.2) is 37.3 Å². The van der Waals surface area contributed by atoms with Crippen molar-refractivity contribution in [3.05, 3.63) is 76.5 Å². The van der Waals surface area contributed by atoms with Crippen LogP contribution in [0.25, 0.3) is 16.9 Å². The van der Waals surface area contributed by atoms with Gasteiger partial charge in [-0.15, -0.1) is 0 Å². The Kier molecular flexibility index (Phi) is 5.23. The largest absolute Gasteiger partial charge is 0.504 e. The number of ether oxygens (including phenoxy) is 1. The Morgan fingerprint density at radius 1 is 1.19 bits per heavy atom. The fraction of sp³-hybridized carbons (Fsp3) is 0.0909. The average molecular weight is 418 g/mol. The second-order valence-electron chi connectivity index (χ2n) is 6.56. The van der Waals surface area contributed by atoms with E-state index < -0.39 is 16.4 Å². The summed E-state index contributed by atoms with van der Waals surface area (Å²) in [5.74, 6) is 0.328. The number of phenolic OH excluding ortho intramolecular Hbond substituents is 2. The van der Waals surface area contributed by atoms with Crippen LogP contribution in [0.2, 0.25) is 0 Å². The number of para-hydroxylation sites is 1. The summed E-state index contributed by atoms with van der Waals surface area (Å²) in [5, 5.41) is 31.3. The third-order valence-corrected chi connectivity index (χ3v) is 4.61. The number of nitro benzene ring substituents is 1. The Bertz CT molecular complexity index is 1310. The summed E-state index contributed by atoms with van der Waals surface area (Å²) >= 11 is 0. The van der Waals surface area contributed by atoms with Crippen molar-refractivity contribution in [1.82, 2.24) is 9.38 Å². The molecule has 2 N–H and O–H groups in total. The van der Waals surface area contributed by atoms with Gasteiger partial charge in [-0.2, -0.15) is 0 Å². The van der Waals surface area contributed by atoms with E-state index in [-0.39, 0.29) is 11.3 Å². The maximum Gasteiger partial charge on any atom is 0.311 e. The molecule has 0 saturated heterocycles. The molecule has 2 aromatic heterocycles. The van der Waals surface area contributed by atoms with E-state index in [0.29, 0.717) is 35.1 Å². The van der Waals surface area contributed by atoms with Gasteiger partial charge in [0.15, 0.2) is 17.3 Å². The van der Waals surface area contributed by atoms with Gasteiger partial charge in [-0.1, -0.05) is 12.1 Å². The number of phenols is 2. The van der Waals surface area contributed by atoms with Gasteiger partial charge in [-0.25, -0.2) is 9.98 Å². The predicted molar refractivity (Wildman–Crippen MR) is 115 cm³/mol. The number of aliphatic imine (C=N–C) groups is 1. The second kappa shape index (κ2) is 8.15. The molecule has 0 atom stereocenters. The molecule has 0 unspecified atom stereocenters. The summed E-state index contributed by atoms with van der Waals surface area (Å²) < 4.78 is 7.23. The van der Waals surface area contributed by atoms with Gasteiger partial charge in [0.05, 0.1) is 11.5 Å². The van der Waals surface area contributed by atoms with Gasteiger partial charge < -0.3 is 14.9 Å². The zero-order valence-corrected chi connectivity index (χ0v) is 16.5. The Morgan fingerprint density at radius 3 is 2.81 bits per heavy atom. The van der Waals surface area contributed by atoms with Crippen LogP contribution in [-0.2, 0) is 0 Å². The minimum atomic E-state index is -0.655.